The molecule has 0 radical (unpaired) electrons. The van der Waals surface area contributed by atoms with Crippen molar-refractivity contribution in [2.45, 2.75) is 13.3 Å². The van der Waals surface area contributed by atoms with Gasteiger partial charge in [-0.25, -0.2) is 4.98 Å². The first-order chi connectivity index (χ1) is 20.8. The normalized spacial score (nSPS) is 12.2. The van der Waals surface area contributed by atoms with Crippen LogP contribution in [0.4, 0.5) is 0 Å². The third kappa shape index (κ3) is 3.13. The number of nitrogens with zero attached hydrogens (tertiary/aromatic N) is 2. The quantitative estimate of drug-likeness (QED) is 0.209. The molecule has 0 saturated carbocycles. The molecule has 1 aromatic heterocycles. The second-order valence-corrected chi connectivity index (χ2v) is 11.0. The van der Waals surface area contributed by atoms with Crippen molar-refractivity contribution in [3.05, 3.63) is 133 Å². The Balaban J connectivity index is 1.45. The Kier molecular flexibility index (Phi) is 4.88. The summed E-state index contributed by atoms with van der Waals surface area (Å²) in [6.07, 6.45) is 0.823. The highest BCUT2D eigenvalue weighted by molar-refractivity contribution is 6.24. The lowest BCUT2D eigenvalue weighted by Crippen LogP contribution is -2.09. The number of aryl methyl sites for hydroxylation is 1. The average Bonchev–Trinajstić information content (AvgIpc) is 3.43. The van der Waals surface area contributed by atoms with Crippen molar-refractivity contribution < 1.29 is 4.74 Å². The van der Waals surface area contributed by atoms with E-state index in [2.05, 4.69) is 127 Å². The Labute approximate surface area is 243 Å². The molecule has 0 amide bonds. The molecule has 3 nitrogen and oxygen atoms in total. The number of imidazole rings is 1. The molecule has 0 atom stereocenters. The van der Waals surface area contributed by atoms with Crippen LogP contribution in [0.15, 0.2) is 127 Å². The molecule has 0 fully saturated rings. The molecule has 42 heavy (non-hydrogen) atoms. The lowest BCUT2D eigenvalue weighted by Gasteiger charge is -2.25. The van der Waals surface area contributed by atoms with Crippen molar-refractivity contribution in [1.82, 2.24) is 9.55 Å². The molecule has 2 heterocycles. The zero-order valence-corrected chi connectivity index (χ0v) is 23.1. The smallest absolute Gasteiger partial charge is 0.153 e. The molecule has 0 bridgehead atoms. The Morgan fingerprint density at radius 3 is 1.81 bits per heavy atom. The highest BCUT2D eigenvalue weighted by Crippen LogP contribution is 2.50. The van der Waals surface area contributed by atoms with E-state index in [9.17, 15) is 0 Å². The predicted octanol–water partition coefficient (Wildman–Crippen LogP) is 10.5. The molecule has 1 aliphatic heterocycles. The molecule has 8 aromatic rings. The maximum Gasteiger partial charge on any atom is 0.153 e. The van der Waals surface area contributed by atoms with Crippen molar-refractivity contribution >= 4 is 43.4 Å². The van der Waals surface area contributed by atoms with Crippen LogP contribution in [0, 0.1) is 0 Å². The maximum absolute atomic E-state index is 6.57. The van der Waals surface area contributed by atoms with E-state index in [1.807, 2.05) is 12.1 Å². The summed E-state index contributed by atoms with van der Waals surface area (Å²) in [4.78, 5) is 5.03. The van der Waals surface area contributed by atoms with Gasteiger partial charge in [0.15, 0.2) is 11.5 Å². The SMILES string of the molecule is CCc1nc2cccc3c2n1-c1c(cccc1-c1c2ccccc2c(-c2cccc4ccccc24)c2ccccc12)O3. The van der Waals surface area contributed by atoms with Crippen LogP contribution < -0.4 is 4.74 Å². The number of rotatable bonds is 3. The number of ether oxygens (including phenoxy) is 1. The monoisotopic (exact) mass is 538 g/mol. The molecule has 0 aliphatic carbocycles. The average molecular weight is 539 g/mol. The molecule has 1 aliphatic rings. The Morgan fingerprint density at radius 1 is 0.548 bits per heavy atom. The topological polar surface area (TPSA) is 27.1 Å². The van der Waals surface area contributed by atoms with Gasteiger partial charge in [-0.15, -0.1) is 0 Å². The van der Waals surface area contributed by atoms with Crippen LogP contribution in [-0.2, 0) is 6.42 Å². The van der Waals surface area contributed by atoms with Gasteiger partial charge in [-0.2, -0.15) is 0 Å². The Hall–Kier alpha value is -5.41. The van der Waals surface area contributed by atoms with E-state index in [1.54, 1.807) is 0 Å². The molecule has 0 N–H and O–H groups in total. The van der Waals surface area contributed by atoms with E-state index >= 15 is 0 Å². The number of para-hydroxylation sites is 2. The fraction of sp³-hybridized carbons (Fsp3) is 0.0513. The minimum Gasteiger partial charge on any atom is -0.453 e. The summed E-state index contributed by atoms with van der Waals surface area (Å²) in [5, 5.41) is 7.43. The van der Waals surface area contributed by atoms with Gasteiger partial charge in [0, 0.05) is 12.0 Å². The van der Waals surface area contributed by atoms with Gasteiger partial charge < -0.3 is 4.74 Å². The standard InChI is InChI=1S/C39H26N2O/c1-2-35-40-32-21-11-23-34-39(32)41(35)38-31(20-10-22-33(38)42-34)37-29-17-7-5-15-27(29)36(28-16-6-8-18-30(28)37)26-19-9-13-24-12-3-4-14-25(24)26/h3-23H,2H2,1H3. The highest BCUT2D eigenvalue weighted by Gasteiger charge is 2.28. The fourth-order valence-corrected chi connectivity index (χ4v) is 7.01. The lowest BCUT2D eigenvalue weighted by atomic mass is 9.84. The highest BCUT2D eigenvalue weighted by atomic mass is 16.5. The van der Waals surface area contributed by atoms with Gasteiger partial charge in [0.1, 0.15) is 11.3 Å². The summed E-state index contributed by atoms with van der Waals surface area (Å²) in [5.41, 5.74) is 7.95. The Bertz CT molecular complexity index is 2320. The largest absolute Gasteiger partial charge is 0.453 e. The van der Waals surface area contributed by atoms with Crippen molar-refractivity contribution in [3.8, 4) is 39.4 Å². The lowest BCUT2D eigenvalue weighted by molar-refractivity contribution is 0.474. The first kappa shape index (κ1) is 23.3. The molecule has 7 aromatic carbocycles. The van der Waals surface area contributed by atoms with E-state index in [-0.39, 0.29) is 0 Å². The molecule has 0 spiro atoms. The van der Waals surface area contributed by atoms with E-state index in [4.69, 9.17) is 9.72 Å². The van der Waals surface area contributed by atoms with Crippen LogP contribution >= 0.6 is 0 Å². The van der Waals surface area contributed by atoms with E-state index in [0.29, 0.717) is 0 Å². The number of hydrogen-bond acceptors (Lipinski definition) is 2. The molecular weight excluding hydrogens is 512 g/mol. The van der Waals surface area contributed by atoms with Gasteiger partial charge in [0.05, 0.1) is 11.2 Å². The third-order valence-corrected chi connectivity index (χ3v) is 8.73. The van der Waals surface area contributed by atoms with Crippen molar-refractivity contribution in [3.63, 3.8) is 0 Å². The van der Waals surface area contributed by atoms with Crippen LogP contribution in [0.3, 0.4) is 0 Å². The number of benzene rings is 7. The van der Waals surface area contributed by atoms with Crippen LogP contribution in [0.2, 0.25) is 0 Å². The zero-order valence-electron chi connectivity index (χ0n) is 23.1. The van der Waals surface area contributed by atoms with Gasteiger partial charge in [-0.05, 0) is 67.2 Å². The van der Waals surface area contributed by atoms with Crippen LogP contribution in [0.1, 0.15) is 12.7 Å². The van der Waals surface area contributed by atoms with Crippen LogP contribution in [-0.4, -0.2) is 9.55 Å². The molecule has 198 valence electrons. The van der Waals surface area contributed by atoms with Gasteiger partial charge in [-0.3, -0.25) is 4.57 Å². The zero-order chi connectivity index (χ0) is 27.8. The predicted molar refractivity (Wildman–Crippen MR) is 174 cm³/mol. The minimum atomic E-state index is 0.823. The first-order valence-corrected chi connectivity index (χ1v) is 14.6. The summed E-state index contributed by atoms with van der Waals surface area (Å²) in [6.45, 7) is 2.17. The maximum atomic E-state index is 6.57. The number of aromatic nitrogens is 2. The van der Waals surface area contributed by atoms with Gasteiger partial charge in [0.25, 0.3) is 0 Å². The van der Waals surface area contributed by atoms with Gasteiger partial charge in [0.2, 0.25) is 0 Å². The Morgan fingerprint density at radius 2 is 1.10 bits per heavy atom. The second-order valence-electron chi connectivity index (χ2n) is 11.0. The van der Waals surface area contributed by atoms with Crippen molar-refractivity contribution in [2.75, 3.05) is 0 Å². The molecule has 3 heteroatoms. The summed E-state index contributed by atoms with van der Waals surface area (Å²) in [7, 11) is 0. The van der Waals surface area contributed by atoms with Gasteiger partial charge >= 0.3 is 0 Å². The van der Waals surface area contributed by atoms with Gasteiger partial charge in [-0.1, -0.05) is 116 Å². The van der Waals surface area contributed by atoms with Crippen LogP contribution in [0.25, 0.3) is 71.3 Å². The second kappa shape index (κ2) is 8.79. The fourth-order valence-electron chi connectivity index (χ4n) is 7.01. The number of fused-ring (bicyclic) bond motifs is 5. The van der Waals surface area contributed by atoms with E-state index in [1.165, 1.54) is 49.0 Å². The first-order valence-electron chi connectivity index (χ1n) is 14.6. The van der Waals surface area contributed by atoms with Crippen molar-refractivity contribution in [1.29, 1.82) is 0 Å². The summed E-state index contributed by atoms with van der Waals surface area (Å²) < 4.78 is 8.91. The van der Waals surface area contributed by atoms with Crippen LogP contribution in [0.5, 0.6) is 11.5 Å². The van der Waals surface area contributed by atoms with E-state index < -0.39 is 0 Å². The summed E-state index contributed by atoms with van der Waals surface area (Å²) in [6, 6.07) is 45.6. The molecule has 0 unspecified atom stereocenters. The molecule has 0 saturated heterocycles. The van der Waals surface area contributed by atoms with Crippen molar-refractivity contribution in [2.24, 2.45) is 0 Å². The third-order valence-electron chi connectivity index (χ3n) is 8.73. The summed E-state index contributed by atoms with van der Waals surface area (Å²) in [5.74, 6) is 2.74. The minimum absolute atomic E-state index is 0.823. The molecular formula is C39H26N2O. The molecule has 9 rings (SSSR count). The summed E-state index contributed by atoms with van der Waals surface area (Å²) >= 11 is 0. The van der Waals surface area contributed by atoms with E-state index in [0.717, 1.165) is 46.0 Å². The number of hydrogen-bond donors (Lipinski definition) is 0.